The van der Waals surface area contributed by atoms with Crippen molar-refractivity contribution in [2.24, 2.45) is 0 Å². The van der Waals surface area contributed by atoms with Crippen LogP contribution in [0.5, 0.6) is 0 Å². The first-order valence-corrected chi connectivity index (χ1v) is 4.58. The molecule has 0 aliphatic rings. The van der Waals surface area contributed by atoms with Gasteiger partial charge in [-0.05, 0) is 6.92 Å². The fraction of sp³-hybridized carbons (Fsp3) is 0.200. The molecule has 0 saturated heterocycles. The van der Waals surface area contributed by atoms with Crippen LogP contribution < -0.4 is 0 Å². The molecule has 0 atom stereocenters. The minimum absolute atomic E-state index is 0.0144. The predicted octanol–water partition coefficient (Wildman–Crippen LogP) is 1.80. The number of hydrogen-bond acceptors (Lipinski definition) is 4. The van der Waals surface area contributed by atoms with Crippen molar-refractivity contribution in [3.8, 4) is 0 Å². The highest BCUT2D eigenvalue weighted by Gasteiger charge is 2.32. The minimum atomic E-state index is -2.09. The van der Waals surface area contributed by atoms with E-state index in [2.05, 4.69) is 0 Å². The van der Waals surface area contributed by atoms with Gasteiger partial charge >= 0.3 is 5.69 Å². The fourth-order valence-corrected chi connectivity index (χ4v) is 1.56. The average molecular weight is 261 g/mol. The zero-order valence-corrected chi connectivity index (χ0v) is 8.95. The molecule has 0 unspecified atom stereocenters. The van der Waals surface area contributed by atoms with Gasteiger partial charge in [0.25, 0.3) is 0 Å². The number of aldehydes is 2. The molecule has 1 rings (SSSR count). The van der Waals surface area contributed by atoms with Gasteiger partial charge in [-0.2, -0.15) is 4.39 Å². The van der Waals surface area contributed by atoms with Crippen molar-refractivity contribution in [1.29, 1.82) is 0 Å². The highest BCUT2D eigenvalue weighted by atomic mass is 19.2. The molecule has 1 aromatic carbocycles. The fourth-order valence-electron chi connectivity index (χ4n) is 1.56. The second-order valence-corrected chi connectivity index (χ2v) is 3.38. The lowest BCUT2D eigenvalue weighted by Gasteiger charge is -2.11. The Bertz CT molecular complexity index is 537. The number of halogens is 3. The molecule has 8 heteroatoms. The second kappa shape index (κ2) is 4.94. The van der Waals surface area contributed by atoms with Gasteiger partial charge in [0.15, 0.2) is 5.82 Å². The van der Waals surface area contributed by atoms with Crippen molar-refractivity contribution >= 4 is 18.3 Å². The number of carbonyl (C=O) groups excluding carboxylic acids is 2. The number of nitro benzene ring substituents is 1. The van der Waals surface area contributed by atoms with Crippen LogP contribution in [0.15, 0.2) is 0 Å². The minimum Gasteiger partial charge on any atom is -0.302 e. The van der Waals surface area contributed by atoms with Gasteiger partial charge in [0.05, 0.1) is 10.8 Å². The highest BCUT2D eigenvalue weighted by molar-refractivity contribution is 5.86. The SMILES string of the molecule is Cc1c(C(C=O)C=O)c(F)c(F)c(F)c1[N+](=O)[O-]. The van der Waals surface area contributed by atoms with Gasteiger partial charge < -0.3 is 9.59 Å². The summed E-state index contributed by atoms with van der Waals surface area (Å²) in [6.07, 6.45) is -0.0288. The van der Waals surface area contributed by atoms with Gasteiger partial charge in [-0.15, -0.1) is 0 Å². The molecule has 0 bridgehead atoms. The van der Waals surface area contributed by atoms with E-state index >= 15 is 0 Å². The Morgan fingerprint density at radius 1 is 1.11 bits per heavy atom. The number of nitrogens with zero attached hydrogens (tertiary/aromatic N) is 1. The molecule has 0 aromatic heterocycles. The summed E-state index contributed by atoms with van der Waals surface area (Å²) in [5.41, 5.74) is -2.72. The molecule has 0 radical (unpaired) electrons. The lowest BCUT2D eigenvalue weighted by molar-refractivity contribution is -0.388. The molecule has 5 nitrogen and oxygen atoms in total. The normalized spacial score (nSPS) is 10.5. The third-order valence-corrected chi connectivity index (χ3v) is 2.40. The van der Waals surface area contributed by atoms with Crippen molar-refractivity contribution in [3.05, 3.63) is 38.7 Å². The maximum absolute atomic E-state index is 13.4. The second-order valence-electron chi connectivity index (χ2n) is 3.38. The van der Waals surface area contributed by atoms with Crippen molar-refractivity contribution in [3.63, 3.8) is 0 Å². The highest BCUT2D eigenvalue weighted by Crippen LogP contribution is 2.33. The summed E-state index contributed by atoms with van der Waals surface area (Å²) < 4.78 is 39.8. The van der Waals surface area contributed by atoms with E-state index < -0.39 is 45.1 Å². The Labute approximate surface area is 98.4 Å². The Morgan fingerprint density at radius 3 is 2.00 bits per heavy atom. The summed E-state index contributed by atoms with van der Waals surface area (Å²) in [7, 11) is 0. The smallest absolute Gasteiger partial charge is 0.302 e. The van der Waals surface area contributed by atoms with Gasteiger partial charge in [-0.3, -0.25) is 10.1 Å². The molecule has 0 fully saturated rings. The number of hydrogen-bond donors (Lipinski definition) is 0. The molecule has 0 saturated carbocycles. The Balaban J connectivity index is 3.77. The van der Waals surface area contributed by atoms with Crippen LogP contribution in [-0.4, -0.2) is 17.5 Å². The van der Waals surface area contributed by atoms with Gasteiger partial charge in [0.2, 0.25) is 11.6 Å². The van der Waals surface area contributed by atoms with Crippen LogP contribution in [0.3, 0.4) is 0 Å². The number of benzene rings is 1. The third kappa shape index (κ3) is 1.96. The first-order valence-electron chi connectivity index (χ1n) is 4.58. The predicted molar refractivity (Wildman–Crippen MR) is 52.6 cm³/mol. The Morgan fingerprint density at radius 2 is 1.61 bits per heavy atom. The zero-order valence-electron chi connectivity index (χ0n) is 8.95. The summed E-state index contributed by atoms with van der Waals surface area (Å²) in [5.74, 6) is -7.55. The van der Waals surface area contributed by atoms with Gasteiger partial charge in [0, 0.05) is 11.1 Å². The molecular formula is C10H6F3NO4. The summed E-state index contributed by atoms with van der Waals surface area (Å²) >= 11 is 0. The van der Waals surface area contributed by atoms with Crippen molar-refractivity contribution in [2.75, 3.05) is 0 Å². The van der Waals surface area contributed by atoms with Crippen LogP contribution in [-0.2, 0) is 9.59 Å². The van der Waals surface area contributed by atoms with E-state index in [4.69, 9.17) is 0 Å². The van der Waals surface area contributed by atoms with Crippen LogP contribution in [0.2, 0.25) is 0 Å². The molecule has 96 valence electrons. The van der Waals surface area contributed by atoms with E-state index in [0.29, 0.717) is 0 Å². The topological polar surface area (TPSA) is 77.3 Å². The van der Waals surface area contributed by atoms with E-state index in [1.165, 1.54) is 0 Å². The largest absolute Gasteiger partial charge is 0.311 e. The van der Waals surface area contributed by atoms with E-state index in [0.717, 1.165) is 6.92 Å². The Kier molecular flexibility index (Phi) is 3.79. The monoisotopic (exact) mass is 261 g/mol. The summed E-state index contributed by atoms with van der Waals surface area (Å²) in [6, 6.07) is 0. The number of nitro groups is 1. The molecule has 0 heterocycles. The maximum Gasteiger partial charge on any atom is 0.311 e. The zero-order chi connectivity index (χ0) is 14.0. The van der Waals surface area contributed by atoms with Crippen LogP contribution in [0.25, 0.3) is 0 Å². The van der Waals surface area contributed by atoms with E-state index in [9.17, 15) is 32.9 Å². The lowest BCUT2D eigenvalue weighted by Crippen LogP contribution is -2.13. The summed E-state index contributed by atoms with van der Waals surface area (Å²) in [4.78, 5) is 30.4. The van der Waals surface area contributed by atoms with E-state index in [1.54, 1.807) is 0 Å². The summed E-state index contributed by atoms with van der Waals surface area (Å²) in [6.45, 7) is 0.930. The summed E-state index contributed by atoms with van der Waals surface area (Å²) in [5, 5.41) is 10.6. The molecule has 1 aromatic rings. The molecule has 0 N–H and O–H groups in total. The number of rotatable bonds is 4. The van der Waals surface area contributed by atoms with Gasteiger partial charge in [-0.25, -0.2) is 8.78 Å². The van der Waals surface area contributed by atoms with Crippen LogP contribution >= 0.6 is 0 Å². The van der Waals surface area contributed by atoms with Crippen molar-refractivity contribution < 1.29 is 27.7 Å². The first kappa shape index (κ1) is 13.8. The van der Waals surface area contributed by atoms with E-state index in [-0.39, 0.29) is 12.6 Å². The molecule has 0 amide bonds. The number of carbonyl (C=O) groups is 2. The van der Waals surface area contributed by atoms with Crippen molar-refractivity contribution in [2.45, 2.75) is 12.8 Å². The lowest BCUT2D eigenvalue weighted by atomic mass is 9.94. The molecule has 0 spiro atoms. The van der Waals surface area contributed by atoms with Crippen LogP contribution in [0, 0.1) is 34.5 Å². The Hall–Kier alpha value is -2.25. The molecule has 0 aliphatic heterocycles. The molecule has 18 heavy (non-hydrogen) atoms. The molecular weight excluding hydrogens is 255 g/mol. The maximum atomic E-state index is 13.4. The van der Waals surface area contributed by atoms with Crippen LogP contribution in [0.4, 0.5) is 18.9 Å². The average Bonchev–Trinajstić information content (AvgIpc) is 2.31. The van der Waals surface area contributed by atoms with Gasteiger partial charge in [0.1, 0.15) is 12.6 Å². The van der Waals surface area contributed by atoms with Crippen molar-refractivity contribution in [1.82, 2.24) is 0 Å². The van der Waals surface area contributed by atoms with Gasteiger partial charge in [-0.1, -0.05) is 0 Å². The third-order valence-electron chi connectivity index (χ3n) is 2.40. The molecule has 0 aliphatic carbocycles. The van der Waals surface area contributed by atoms with E-state index in [1.807, 2.05) is 0 Å². The quantitative estimate of drug-likeness (QED) is 0.272. The van der Waals surface area contributed by atoms with Crippen LogP contribution in [0.1, 0.15) is 17.0 Å². The standard InChI is InChI=1S/C10H6F3NO4/c1-4-6(5(2-15)3-16)7(11)8(12)9(13)10(4)14(17)18/h2-3,5H,1H3. The first-order chi connectivity index (χ1) is 8.36.